The van der Waals surface area contributed by atoms with Crippen molar-refractivity contribution in [3.8, 4) is 5.75 Å². The smallest absolute Gasteiger partial charge is 0.417 e. The molecular weight excluding hydrogens is 408 g/mol. The lowest BCUT2D eigenvalue weighted by Gasteiger charge is -2.28. The molecule has 168 valence electrons. The van der Waals surface area contributed by atoms with Crippen LogP contribution in [0.3, 0.4) is 0 Å². The molecule has 2 heterocycles. The van der Waals surface area contributed by atoms with E-state index in [1.807, 2.05) is 75.4 Å². The number of ether oxygens (including phenoxy) is 2. The molecule has 2 aliphatic rings. The van der Waals surface area contributed by atoms with Crippen LogP contribution in [0.5, 0.6) is 5.75 Å². The molecule has 0 bridgehead atoms. The van der Waals surface area contributed by atoms with Crippen LogP contribution < -0.4 is 4.74 Å². The van der Waals surface area contributed by atoms with Crippen LogP contribution in [0.2, 0.25) is 0 Å². The number of hydrogen-bond donors (Lipinski definition) is 0. The van der Waals surface area contributed by atoms with Crippen molar-refractivity contribution in [3.05, 3.63) is 65.7 Å². The first-order valence-electron chi connectivity index (χ1n) is 11.0. The second-order valence-electron chi connectivity index (χ2n) is 8.57. The Kier molecular flexibility index (Phi) is 6.17. The van der Waals surface area contributed by atoms with Crippen LogP contribution in [0.25, 0.3) is 0 Å². The van der Waals surface area contributed by atoms with Crippen molar-refractivity contribution in [3.63, 3.8) is 0 Å². The van der Waals surface area contributed by atoms with Gasteiger partial charge in [0.2, 0.25) is 6.10 Å². The zero-order valence-electron chi connectivity index (χ0n) is 18.6. The minimum absolute atomic E-state index is 0.258. The maximum absolute atomic E-state index is 13.4. The van der Waals surface area contributed by atoms with Gasteiger partial charge in [0, 0.05) is 12.0 Å². The van der Waals surface area contributed by atoms with Gasteiger partial charge in [-0.1, -0.05) is 54.5 Å². The van der Waals surface area contributed by atoms with Gasteiger partial charge in [-0.05, 0) is 44.4 Å². The lowest BCUT2D eigenvalue weighted by molar-refractivity contribution is -0.140. The molecule has 0 aromatic heterocycles. The van der Waals surface area contributed by atoms with Crippen LogP contribution in [0.4, 0.5) is 4.79 Å². The van der Waals surface area contributed by atoms with E-state index in [9.17, 15) is 9.59 Å². The van der Waals surface area contributed by atoms with Crippen LogP contribution >= 0.6 is 0 Å². The summed E-state index contributed by atoms with van der Waals surface area (Å²) in [5.74, 6) is 0.265. The zero-order chi connectivity index (χ0) is 22.7. The molecule has 1 fully saturated rings. The molecule has 32 heavy (non-hydrogen) atoms. The average molecular weight is 437 g/mol. The molecule has 7 heteroatoms. The molecule has 2 amide bonds. The molecule has 7 nitrogen and oxygen atoms in total. The number of rotatable bonds is 7. The van der Waals surface area contributed by atoms with Gasteiger partial charge in [0.25, 0.3) is 5.91 Å². The zero-order valence-corrected chi connectivity index (χ0v) is 18.6. The third kappa shape index (κ3) is 4.33. The highest BCUT2D eigenvalue weighted by molar-refractivity contribution is 6.07. The van der Waals surface area contributed by atoms with Gasteiger partial charge < -0.3 is 14.3 Å². The average Bonchev–Trinajstić information content (AvgIpc) is 3.35. The Morgan fingerprint density at radius 2 is 1.88 bits per heavy atom. The Labute approximate surface area is 187 Å². The molecule has 0 unspecified atom stereocenters. The number of hydrogen-bond acceptors (Lipinski definition) is 6. The second-order valence-corrected chi connectivity index (χ2v) is 8.57. The number of benzene rings is 2. The van der Waals surface area contributed by atoms with Gasteiger partial charge in [0.05, 0.1) is 18.4 Å². The lowest BCUT2D eigenvalue weighted by Crippen LogP contribution is -2.49. The lowest BCUT2D eigenvalue weighted by atomic mass is 9.91. The van der Waals surface area contributed by atoms with Gasteiger partial charge >= 0.3 is 6.09 Å². The maximum atomic E-state index is 13.4. The van der Waals surface area contributed by atoms with E-state index in [1.54, 1.807) is 0 Å². The summed E-state index contributed by atoms with van der Waals surface area (Å²) in [5, 5.41) is 4.16. The molecule has 4 rings (SSSR count). The molecule has 1 saturated heterocycles. The quantitative estimate of drug-likeness (QED) is 0.645. The summed E-state index contributed by atoms with van der Waals surface area (Å²) in [4.78, 5) is 32.8. The predicted octanol–water partition coefficient (Wildman–Crippen LogP) is 4.34. The minimum atomic E-state index is -0.885. The van der Waals surface area contributed by atoms with Crippen molar-refractivity contribution in [1.82, 2.24) is 4.90 Å². The Balaban J connectivity index is 1.51. The first-order chi connectivity index (χ1) is 15.4. The van der Waals surface area contributed by atoms with Gasteiger partial charge in [0.1, 0.15) is 11.4 Å². The minimum Gasteiger partial charge on any atom is -0.493 e. The van der Waals surface area contributed by atoms with Crippen molar-refractivity contribution in [2.45, 2.75) is 57.8 Å². The standard InChI is InChI=1S/C25H28N2O5/c1-4-14-30-20-13-9-8-12-18(20)19-16-21(32-26-19)23(28)27-22(25(2,3)31-24(27)29)15-17-10-6-5-7-11-17/h5-13,21-22H,4,14-16H2,1-3H3/t21-,22-/m0/s1. The van der Waals surface area contributed by atoms with E-state index >= 15 is 0 Å². The third-order valence-corrected chi connectivity index (χ3v) is 5.77. The summed E-state index contributed by atoms with van der Waals surface area (Å²) < 4.78 is 11.4. The van der Waals surface area contributed by atoms with Crippen LogP contribution in [0.15, 0.2) is 59.8 Å². The van der Waals surface area contributed by atoms with E-state index in [1.165, 1.54) is 4.90 Å². The highest BCUT2D eigenvalue weighted by Crippen LogP contribution is 2.34. The fourth-order valence-corrected chi connectivity index (χ4v) is 4.07. The monoisotopic (exact) mass is 436 g/mol. The number of para-hydroxylation sites is 1. The SMILES string of the molecule is CCCOc1ccccc1C1=NO[C@H](C(=O)N2C(=O)OC(C)(C)[C@@H]2Cc2ccccc2)C1. The molecular formula is C25H28N2O5. The molecule has 2 atom stereocenters. The van der Waals surface area contributed by atoms with E-state index < -0.39 is 29.7 Å². The predicted molar refractivity (Wildman–Crippen MR) is 120 cm³/mol. The molecule has 0 radical (unpaired) electrons. The number of carbonyl (C=O) groups excluding carboxylic acids is 2. The maximum Gasteiger partial charge on any atom is 0.417 e. The molecule has 0 saturated carbocycles. The number of amides is 2. The second kappa shape index (κ2) is 9.02. The van der Waals surface area contributed by atoms with Crippen LogP contribution in [-0.2, 0) is 20.8 Å². The third-order valence-electron chi connectivity index (χ3n) is 5.77. The van der Waals surface area contributed by atoms with E-state index in [-0.39, 0.29) is 6.42 Å². The summed E-state index contributed by atoms with van der Waals surface area (Å²) in [7, 11) is 0. The molecule has 0 aliphatic carbocycles. The molecule has 2 aromatic rings. The van der Waals surface area contributed by atoms with Gasteiger partial charge in [-0.25, -0.2) is 9.69 Å². The van der Waals surface area contributed by atoms with Crippen LogP contribution in [0.1, 0.15) is 44.7 Å². The highest BCUT2D eigenvalue weighted by Gasteiger charge is 2.52. The molecule has 0 N–H and O–H groups in total. The molecule has 0 spiro atoms. The van der Waals surface area contributed by atoms with Crippen molar-refractivity contribution < 1.29 is 23.9 Å². The van der Waals surface area contributed by atoms with Gasteiger partial charge in [-0.3, -0.25) is 4.79 Å². The van der Waals surface area contributed by atoms with E-state index in [0.717, 1.165) is 17.5 Å². The Morgan fingerprint density at radius 3 is 2.62 bits per heavy atom. The van der Waals surface area contributed by atoms with Gasteiger partial charge in [-0.15, -0.1) is 0 Å². The van der Waals surface area contributed by atoms with Crippen molar-refractivity contribution in [1.29, 1.82) is 0 Å². The van der Waals surface area contributed by atoms with Crippen LogP contribution in [-0.4, -0.2) is 47.0 Å². The normalized spacial score (nSPS) is 21.7. The van der Waals surface area contributed by atoms with E-state index in [4.69, 9.17) is 14.3 Å². The van der Waals surface area contributed by atoms with E-state index in [2.05, 4.69) is 5.16 Å². The number of imide groups is 1. The summed E-state index contributed by atoms with van der Waals surface area (Å²) >= 11 is 0. The number of cyclic esters (lactones) is 1. The van der Waals surface area contributed by atoms with Gasteiger partial charge in [-0.2, -0.15) is 0 Å². The van der Waals surface area contributed by atoms with Gasteiger partial charge in [0.15, 0.2) is 0 Å². The number of oxime groups is 1. The summed E-state index contributed by atoms with van der Waals surface area (Å²) in [6.07, 6.45) is 0.106. The first kappa shape index (κ1) is 21.9. The fourth-order valence-electron chi connectivity index (χ4n) is 4.07. The first-order valence-corrected chi connectivity index (χ1v) is 11.0. The van der Waals surface area contributed by atoms with Crippen LogP contribution in [0, 0.1) is 0 Å². The Hall–Kier alpha value is -3.35. The van der Waals surface area contributed by atoms with Crippen molar-refractivity contribution in [2.24, 2.45) is 5.16 Å². The summed E-state index contributed by atoms with van der Waals surface area (Å²) in [6.45, 7) is 6.27. The highest BCUT2D eigenvalue weighted by atomic mass is 16.6. The van der Waals surface area contributed by atoms with E-state index in [0.29, 0.717) is 24.5 Å². The number of carbonyl (C=O) groups is 2. The van der Waals surface area contributed by atoms with Crippen molar-refractivity contribution in [2.75, 3.05) is 6.61 Å². The fraction of sp³-hybridized carbons (Fsp3) is 0.400. The molecule has 2 aliphatic heterocycles. The number of nitrogens with zero attached hydrogens (tertiary/aromatic N) is 2. The van der Waals surface area contributed by atoms with Crippen molar-refractivity contribution >= 4 is 17.7 Å². The summed E-state index contributed by atoms with van der Waals surface area (Å²) in [6, 6.07) is 16.9. The topological polar surface area (TPSA) is 77.4 Å². The Bertz CT molecular complexity index is 1020. The Morgan fingerprint density at radius 1 is 1.16 bits per heavy atom. The largest absolute Gasteiger partial charge is 0.493 e. The molecule has 2 aromatic carbocycles. The summed E-state index contributed by atoms with van der Waals surface area (Å²) in [5.41, 5.74) is 1.63.